The molecular formula is C12H26N2O2. The molecule has 0 heterocycles. The molecule has 0 saturated heterocycles. The van der Waals surface area contributed by atoms with Gasteiger partial charge in [0.1, 0.15) is 0 Å². The van der Waals surface area contributed by atoms with E-state index < -0.39 is 0 Å². The number of aliphatic hydroxyl groups is 1. The van der Waals surface area contributed by atoms with Crippen LogP contribution in [0.1, 0.15) is 40.0 Å². The van der Waals surface area contributed by atoms with Crippen molar-refractivity contribution >= 4 is 5.91 Å². The van der Waals surface area contributed by atoms with E-state index in [1.807, 2.05) is 0 Å². The first-order chi connectivity index (χ1) is 7.52. The highest BCUT2D eigenvalue weighted by molar-refractivity contribution is 5.77. The predicted octanol–water partition coefficient (Wildman–Crippen LogP) is 0.901. The highest BCUT2D eigenvalue weighted by atomic mass is 16.2. The fraction of sp³-hybridized carbons (Fsp3) is 0.917. The van der Waals surface area contributed by atoms with Gasteiger partial charge in [-0.3, -0.25) is 4.79 Å². The van der Waals surface area contributed by atoms with Crippen LogP contribution in [0.2, 0.25) is 0 Å². The number of amides is 1. The zero-order chi connectivity index (χ0) is 12.4. The smallest absolute Gasteiger partial charge is 0.233 e. The van der Waals surface area contributed by atoms with Gasteiger partial charge >= 0.3 is 0 Å². The number of hydrogen-bond acceptors (Lipinski definition) is 3. The van der Waals surface area contributed by atoms with Gasteiger partial charge in [0.15, 0.2) is 0 Å². The third-order valence-electron chi connectivity index (χ3n) is 2.49. The maximum absolute atomic E-state index is 11.4. The second kappa shape index (κ2) is 8.53. The molecule has 0 fully saturated rings. The number of rotatable bonds is 9. The van der Waals surface area contributed by atoms with E-state index in [9.17, 15) is 4.79 Å². The molecule has 0 spiro atoms. The third-order valence-corrected chi connectivity index (χ3v) is 2.49. The molecule has 1 amide bonds. The molecule has 0 rings (SSSR count). The van der Waals surface area contributed by atoms with Gasteiger partial charge in [0.05, 0.1) is 6.54 Å². The largest absolute Gasteiger partial charge is 0.396 e. The summed E-state index contributed by atoms with van der Waals surface area (Å²) in [4.78, 5) is 11.4. The number of carbonyl (C=O) groups is 1. The Morgan fingerprint density at radius 1 is 1.38 bits per heavy atom. The molecule has 16 heavy (non-hydrogen) atoms. The lowest BCUT2D eigenvalue weighted by molar-refractivity contribution is -0.120. The van der Waals surface area contributed by atoms with Crippen LogP contribution < -0.4 is 10.6 Å². The normalized spacial score (nSPS) is 11.5. The Bertz CT molecular complexity index is 193. The summed E-state index contributed by atoms with van der Waals surface area (Å²) < 4.78 is 0. The van der Waals surface area contributed by atoms with Gasteiger partial charge < -0.3 is 15.7 Å². The van der Waals surface area contributed by atoms with Crippen molar-refractivity contribution < 1.29 is 9.90 Å². The van der Waals surface area contributed by atoms with E-state index in [2.05, 4.69) is 31.4 Å². The average Bonchev–Trinajstić information content (AvgIpc) is 2.24. The maximum Gasteiger partial charge on any atom is 0.233 e. The Kier molecular flexibility index (Phi) is 8.21. The standard InChI is InChI=1S/C12H26N2O2/c1-4-7-13-9-11(16)14-10-12(2,3)6-5-8-15/h13,15H,4-10H2,1-3H3,(H,14,16). The lowest BCUT2D eigenvalue weighted by Crippen LogP contribution is -2.39. The summed E-state index contributed by atoms with van der Waals surface area (Å²) in [6.45, 7) is 8.42. The zero-order valence-corrected chi connectivity index (χ0v) is 10.8. The first-order valence-electron chi connectivity index (χ1n) is 6.10. The molecule has 96 valence electrons. The molecule has 0 aliphatic rings. The van der Waals surface area contributed by atoms with Crippen LogP contribution in [0.5, 0.6) is 0 Å². The van der Waals surface area contributed by atoms with Crippen LogP contribution >= 0.6 is 0 Å². The first kappa shape index (κ1) is 15.4. The molecule has 0 saturated carbocycles. The summed E-state index contributed by atoms with van der Waals surface area (Å²) in [5.74, 6) is 0.0468. The van der Waals surface area contributed by atoms with E-state index in [0.717, 1.165) is 25.8 Å². The zero-order valence-electron chi connectivity index (χ0n) is 10.8. The van der Waals surface area contributed by atoms with E-state index in [1.54, 1.807) is 0 Å². The van der Waals surface area contributed by atoms with Gasteiger partial charge in [-0.1, -0.05) is 20.8 Å². The van der Waals surface area contributed by atoms with Gasteiger partial charge in [0, 0.05) is 13.2 Å². The molecule has 0 aromatic carbocycles. The highest BCUT2D eigenvalue weighted by Gasteiger charge is 2.17. The van der Waals surface area contributed by atoms with Crippen molar-refractivity contribution in [2.24, 2.45) is 5.41 Å². The second-order valence-electron chi connectivity index (χ2n) is 4.94. The summed E-state index contributed by atoms with van der Waals surface area (Å²) >= 11 is 0. The van der Waals surface area contributed by atoms with Crippen LogP contribution in [-0.4, -0.2) is 37.3 Å². The van der Waals surface area contributed by atoms with Gasteiger partial charge in [0.2, 0.25) is 5.91 Å². The minimum absolute atomic E-state index is 0.0468. The average molecular weight is 230 g/mol. The molecule has 0 aromatic rings. The van der Waals surface area contributed by atoms with Crippen molar-refractivity contribution in [2.75, 3.05) is 26.2 Å². The van der Waals surface area contributed by atoms with Crippen LogP contribution in [0.15, 0.2) is 0 Å². The Balaban J connectivity index is 3.64. The summed E-state index contributed by atoms with van der Waals surface area (Å²) in [5.41, 5.74) is 0.0587. The lowest BCUT2D eigenvalue weighted by Gasteiger charge is -2.24. The Morgan fingerprint density at radius 3 is 2.62 bits per heavy atom. The summed E-state index contributed by atoms with van der Waals surface area (Å²) in [6.07, 6.45) is 2.75. The fourth-order valence-electron chi connectivity index (χ4n) is 1.43. The molecule has 4 heteroatoms. The predicted molar refractivity (Wildman–Crippen MR) is 66.3 cm³/mol. The van der Waals surface area contributed by atoms with Gasteiger partial charge in [-0.05, 0) is 31.2 Å². The van der Waals surface area contributed by atoms with Gasteiger partial charge in [-0.2, -0.15) is 0 Å². The second-order valence-corrected chi connectivity index (χ2v) is 4.94. The van der Waals surface area contributed by atoms with Crippen LogP contribution in [-0.2, 0) is 4.79 Å². The Hall–Kier alpha value is -0.610. The van der Waals surface area contributed by atoms with E-state index >= 15 is 0 Å². The topological polar surface area (TPSA) is 61.4 Å². The number of hydrogen-bond donors (Lipinski definition) is 3. The Morgan fingerprint density at radius 2 is 2.06 bits per heavy atom. The molecular weight excluding hydrogens is 204 g/mol. The molecule has 3 N–H and O–H groups in total. The molecule has 0 aromatic heterocycles. The first-order valence-corrected chi connectivity index (χ1v) is 6.10. The highest BCUT2D eigenvalue weighted by Crippen LogP contribution is 2.20. The minimum Gasteiger partial charge on any atom is -0.396 e. The monoisotopic (exact) mass is 230 g/mol. The fourth-order valence-corrected chi connectivity index (χ4v) is 1.43. The third kappa shape index (κ3) is 8.68. The quantitative estimate of drug-likeness (QED) is 0.516. The number of carbonyl (C=O) groups excluding carboxylic acids is 1. The van der Waals surface area contributed by atoms with E-state index in [4.69, 9.17) is 5.11 Å². The van der Waals surface area contributed by atoms with Crippen molar-refractivity contribution in [3.05, 3.63) is 0 Å². The minimum atomic E-state index is 0.0468. The number of aliphatic hydroxyl groups excluding tert-OH is 1. The molecule has 0 atom stereocenters. The van der Waals surface area contributed by atoms with Crippen LogP contribution in [0.3, 0.4) is 0 Å². The van der Waals surface area contributed by atoms with E-state index in [1.165, 1.54) is 0 Å². The molecule has 0 bridgehead atoms. The van der Waals surface area contributed by atoms with Crippen molar-refractivity contribution in [2.45, 2.75) is 40.0 Å². The van der Waals surface area contributed by atoms with E-state index in [-0.39, 0.29) is 17.9 Å². The molecule has 0 radical (unpaired) electrons. The van der Waals surface area contributed by atoms with Crippen LogP contribution in [0.4, 0.5) is 0 Å². The van der Waals surface area contributed by atoms with Crippen LogP contribution in [0.25, 0.3) is 0 Å². The summed E-state index contributed by atoms with van der Waals surface area (Å²) in [5, 5.41) is 14.7. The molecule has 0 unspecified atom stereocenters. The summed E-state index contributed by atoms with van der Waals surface area (Å²) in [7, 11) is 0. The van der Waals surface area contributed by atoms with Gasteiger partial charge in [-0.25, -0.2) is 0 Å². The maximum atomic E-state index is 11.4. The summed E-state index contributed by atoms with van der Waals surface area (Å²) in [6, 6.07) is 0. The SMILES string of the molecule is CCCNCC(=O)NCC(C)(C)CCCO. The number of nitrogens with one attached hydrogen (secondary N) is 2. The molecule has 4 nitrogen and oxygen atoms in total. The van der Waals surface area contributed by atoms with Crippen molar-refractivity contribution in [1.29, 1.82) is 0 Å². The van der Waals surface area contributed by atoms with Gasteiger partial charge in [-0.15, -0.1) is 0 Å². The van der Waals surface area contributed by atoms with Crippen molar-refractivity contribution in [3.8, 4) is 0 Å². The van der Waals surface area contributed by atoms with Crippen LogP contribution in [0, 0.1) is 5.41 Å². The molecule has 0 aliphatic heterocycles. The molecule has 0 aliphatic carbocycles. The van der Waals surface area contributed by atoms with Gasteiger partial charge in [0.25, 0.3) is 0 Å². The lowest BCUT2D eigenvalue weighted by atomic mass is 9.88. The van der Waals surface area contributed by atoms with E-state index in [0.29, 0.717) is 13.1 Å². The van der Waals surface area contributed by atoms with Crippen molar-refractivity contribution in [3.63, 3.8) is 0 Å². The Labute approximate surface area is 98.8 Å². The van der Waals surface area contributed by atoms with Crippen molar-refractivity contribution in [1.82, 2.24) is 10.6 Å².